The Kier molecular flexibility index (Phi) is 6.35. The van der Waals surface area contributed by atoms with E-state index in [1.54, 1.807) is 25.3 Å². The summed E-state index contributed by atoms with van der Waals surface area (Å²) in [6.45, 7) is 2.64. The Morgan fingerprint density at radius 3 is 2.79 bits per heavy atom. The lowest BCUT2D eigenvalue weighted by Gasteiger charge is -2.06. The van der Waals surface area contributed by atoms with E-state index in [4.69, 9.17) is 4.74 Å². The number of aromatic nitrogens is 1. The Balaban J connectivity index is 2.24. The van der Waals surface area contributed by atoms with Gasteiger partial charge in [0.15, 0.2) is 0 Å². The zero-order valence-corrected chi connectivity index (χ0v) is 10.9. The SMILES string of the molecule is CCOC(=O)CCNC(=O)CCn1ccccc1=O. The highest BCUT2D eigenvalue weighted by Gasteiger charge is 2.05. The lowest BCUT2D eigenvalue weighted by atomic mass is 10.3. The van der Waals surface area contributed by atoms with Crippen molar-refractivity contribution in [1.82, 2.24) is 9.88 Å². The molecule has 1 heterocycles. The van der Waals surface area contributed by atoms with Gasteiger partial charge in [0, 0.05) is 31.8 Å². The van der Waals surface area contributed by atoms with E-state index in [0.717, 1.165) is 0 Å². The van der Waals surface area contributed by atoms with Crippen molar-refractivity contribution < 1.29 is 14.3 Å². The monoisotopic (exact) mass is 266 g/mol. The number of rotatable bonds is 7. The molecule has 0 spiro atoms. The third kappa shape index (κ3) is 5.85. The number of carbonyl (C=O) groups excluding carboxylic acids is 2. The number of carbonyl (C=O) groups is 2. The van der Waals surface area contributed by atoms with Gasteiger partial charge in [-0.25, -0.2) is 0 Å². The highest BCUT2D eigenvalue weighted by Crippen LogP contribution is 1.89. The summed E-state index contributed by atoms with van der Waals surface area (Å²) in [5, 5.41) is 2.61. The number of pyridine rings is 1. The summed E-state index contributed by atoms with van der Waals surface area (Å²) < 4.78 is 6.20. The van der Waals surface area contributed by atoms with Crippen LogP contribution in [0.25, 0.3) is 0 Å². The first kappa shape index (κ1) is 14.9. The number of esters is 1. The van der Waals surface area contributed by atoms with Crippen molar-refractivity contribution in [2.45, 2.75) is 26.3 Å². The molecule has 0 atom stereocenters. The Morgan fingerprint density at radius 2 is 2.11 bits per heavy atom. The number of amides is 1. The molecule has 6 nitrogen and oxygen atoms in total. The fourth-order valence-electron chi connectivity index (χ4n) is 1.49. The summed E-state index contributed by atoms with van der Waals surface area (Å²) in [6.07, 6.45) is 1.99. The van der Waals surface area contributed by atoms with Crippen LogP contribution in [-0.2, 0) is 20.9 Å². The van der Waals surface area contributed by atoms with Gasteiger partial charge in [0.2, 0.25) is 5.91 Å². The summed E-state index contributed by atoms with van der Waals surface area (Å²) in [6, 6.07) is 4.83. The van der Waals surface area contributed by atoms with E-state index >= 15 is 0 Å². The van der Waals surface area contributed by atoms with Crippen molar-refractivity contribution in [1.29, 1.82) is 0 Å². The minimum absolute atomic E-state index is 0.137. The molecule has 0 aliphatic rings. The second-order valence-corrected chi connectivity index (χ2v) is 3.89. The molecule has 0 aromatic carbocycles. The lowest BCUT2D eigenvalue weighted by Crippen LogP contribution is -2.28. The van der Waals surface area contributed by atoms with E-state index in [1.165, 1.54) is 10.6 Å². The number of ether oxygens (including phenoxy) is 1. The summed E-state index contributed by atoms with van der Waals surface area (Å²) >= 11 is 0. The number of hydrogen-bond acceptors (Lipinski definition) is 4. The normalized spacial score (nSPS) is 9.95. The van der Waals surface area contributed by atoms with Crippen LogP contribution in [0.3, 0.4) is 0 Å². The molecule has 1 rings (SSSR count). The molecule has 0 radical (unpaired) electrons. The van der Waals surface area contributed by atoms with Crippen LogP contribution >= 0.6 is 0 Å². The zero-order valence-electron chi connectivity index (χ0n) is 10.9. The van der Waals surface area contributed by atoms with Gasteiger partial charge in [0.05, 0.1) is 13.0 Å². The molecule has 0 aliphatic carbocycles. The summed E-state index contributed by atoms with van der Waals surface area (Å²) in [4.78, 5) is 33.9. The topological polar surface area (TPSA) is 77.4 Å². The average Bonchev–Trinajstić information content (AvgIpc) is 2.38. The molecule has 1 N–H and O–H groups in total. The lowest BCUT2D eigenvalue weighted by molar-refractivity contribution is -0.143. The molecule has 0 saturated carbocycles. The van der Waals surface area contributed by atoms with Crippen molar-refractivity contribution in [3.63, 3.8) is 0 Å². The van der Waals surface area contributed by atoms with Crippen molar-refractivity contribution in [2.75, 3.05) is 13.2 Å². The number of nitrogens with one attached hydrogen (secondary N) is 1. The van der Waals surface area contributed by atoms with Gasteiger partial charge in [-0.05, 0) is 13.0 Å². The molecule has 1 amide bonds. The molecule has 19 heavy (non-hydrogen) atoms. The van der Waals surface area contributed by atoms with Gasteiger partial charge < -0.3 is 14.6 Å². The summed E-state index contributed by atoms with van der Waals surface area (Å²) in [7, 11) is 0. The molecular weight excluding hydrogens is 248 g/mol. The van der Waals surface area contributed by atoms with Crippen molar-refractivity contribution in [3.8, 4) is 0 Å². The van der Waals surface area contributed by atoms with E-state index in [9.17, 15) is 14.4 Å². The Hall–Kier alpha value is -2.11. The zero-order chi connectivity index (χ0) is 14.1. The standard InChI is InChI=1S/C13H18N2O4/c1-2-19-13(18)6-8-14-11(16)7-10-15-9-4-3-5-12(15)17/h3-5,9H,2,6-8,10H2,1H3,(H,14,16). The number of aryl methyl sites for hydroxylation is 1. The highest BCUT2D eigenvalue weighted by atomic mass is 16.5. The van der Waals surface area contributed by atoms with Crippen molar-refractivity contribution >= 4 is 11.9 Å². The number of nitrogens with zero attached hydrogens (tertiary/aromatic N) is 1. The van der Waals surface area contributed by atoms with Gasteiger partial charge in [-0.2, -0.15) is 0 Å². The minimum Gasteiger partial charge on any atom is -0.466 e. The summed E-state index contributed by atoms with van der Waals surface area (Å²) in [5.74, 6) is -0.526. The maximum Gasteiger partial charge on any atom is 0.307 e. The predicted octanol–water partition coefficient (Wildman–Crippen LogP) is 0.308. The highest BCUT2D eigenvalue weighted by molar-refractivity contribution is 5.76. The van der Waals surface area contributed by atoms with Gasteiger partial charge in [0.25, 0.3) is 5.56 Å². The van der Waals surface area contributed by atoms with E-state index in [-0.39, 0.29) is 36.8 Å². The molecule has 1 aromatic heterocycles. The van der Waals surface area contributed by atoms with Crippen LogP contribution in [0.15, 0.2) is 29.2 Å². The second kappa shape index (κ2) is 8.07. The second-order valence-electron chi connectivity index (χ2n) is 3.89. The van der Waals surface area contributed by atoms with Crippen LogP contribution in [-0.4, -0.2) is 29.6 Å². The van der Waals surface area contributed by atoms with Gasteiger partial charge >= 0.3 is 5.97 Å². The van der Waals surface area contributed by atoms with Crippen molar-refractivity contribution in [3.05, 3.63) is 34.7 Å². The van der Waals surface area contributed by atoms with Crippen LogP contribution in [0.2, 0.25) is 0 Å². The molecule has 0 bridgehead atoms. The molecule has 0 aliphatic heterocycles. The molecular formula is C13H18N2O4. The Bertz CT molecular complexity index is 482. The van der Waals surface area contributed by atoms with Gasteiger partial charge in [0.1, 0.15) is 0 Å². The van der Waals surface area contributed by atoms with Crippen LogP contribution in [0.4, 0.5) is 0 Å². The molecule has 0 fully saturated rings. The first-order valence-corrected chi connectivity index (χ1v) is 6.21. The average molecular weight is 266 g/mol. The maximum absolute atomic E-state index is 11.5. The van der Waals surface area contributed by atoms with E-state index in [1.807, 2.05) is 0 Å². The Labute approximate surface area is 111 Å². The number of hydrogen-bond donors (Lipinski definition) is 1. The van der Waals surface area contributed by atoms with Crippen LogP contribution < -0.4 is 10.9 Å². The van der Waals surface area contributed by atoms with Crippen LogP contribution in [0.1, 0.15) is 19.8 Å². The van der Waals surface area contributed by atoms with Gasteiger partial charge in [-0.1, -0.05) is 6.07 Å². The van der Waals surface area contributed by atoms with Gasteiger partial charge in [-0.15, -0.1) is 0 Å². The first-order valence-electron chi connectivity index (χ1n) is 6.21. The molecule has 0 unspecified atom stereocenters. The van der Waals surface area contributed by atoms with E-state index in [0.29, 0.717) is 13.2 Å². The quantitative estimate of drug-likeness (QED) is 0.720. The molecule has 104 valence electrons. The smallest absolute Gasteiger partial charge is 0.307 e. The predicted molar refractivity (Wildman–Crippen MR) is 69.6 cm³/mol. The van der Waals surface area contributed by atoms with E-state index in [2.05, 4.69) is 5.32 Å². The maximum atomic E-state index is 11.5. The summed E-state index contributed by atoms with van der Waals surface area (Å²) in [5.41, 5.74) is -0.137. The molecule has 1 aromatic rings. The molecule has 0 saturated heterocycles. The third-order valence-electron chi connectivity index (χ3n) is 2.44. The fourth-order valence-corrected chi connectivity index (χ4v) is 1.49. The third-order valence-corrected chi connectivity index (χ3v) is 2.44. The van der Waals surface area contributed by atoms with Crippen LogP contribution in [0.5, 0.6) is 0 Å². The van der Waals surface area contributed by atoms with Crippen molar-refractivity contribution in [2.24, 2.45) is 0 Å². The Morgan fingerprint density at radius 1 is 1.32 bits per heavy atom. The first-order chi connectivity index (χ1) is 9.13. The van der Waals surface area contributed by atoms with E-state index < -0.39 is 0 Å². The largest absolute Gasteiger partial charge is 0.466 e. The van der Waals surface area contributed by atoms with Gasteiger partial charge in [-0.3, -0.25) is 14.4 Å². The fraction of sp³-hybridized carbons (Fsp3) is 0.462. The molecule has 6 heteroatoms. The minimum atomic E-state index is -0.331. The van der Waals surface area contributed by atoms with Crippen LogP contribution in [0, 0.1) is 0 Å².